The maximum Gasteiger partial charge on any atom is 0.494 e. The van der Waals surface area contributed by atoms with Gasteiger partial charge in [0.2, 0.25) is 0 Å². The molecule has 0 spiro atoms. The van der Waals surface area contributed by atoms with Crippen LogP contribution in [0.4, 0.5) is 0 Å². The third kappa shape index (κ3) is 3.17. The van der Waals surface area contributed by atoms with Gasteiger partial charge in [0.1, 0.15) is 0 Å². The lowest BCUT2D eigenvalue weighted by Gasteiger charge is -2.32. The molecule has 0 bridgehead atoms. The van der Waals surface area contributed by atoms with E-state index in [-0.39, 0.29) is 5.97 Å². The molecular formula is C16H22BClO4. The van der Waals surface area contributed by atoms with Gasteiger partial charge in [-0.15, -0.1) is 0 Å². The van der Waals surface area contributed by atoms with Crippen molar-refractivity contribution in [3.8, 4) is 0 Å². The molecule has 1 saturated heterocycles. The summed E-state index contributed by atoms with van der Waals surface area (Å²) in [5, 5.41) is 0.540. The molecule has 0 amide bonds. The normalized spacial score (nSPS) is 20.8. The maximum absolute atomic E-state index is 11.7. The number of halogens is 1. The van der Waals surface area contributed by atoms with Gasteiger partial charge in [-0.1, -0.05) is 17.7 Å². The monoisotopic (exact) mass is 324 g/mol. The lowest BCUT2D eigenvalue weighted by atomic mass is 9.77. The molecule has 0 N–H and O–H groups in total. The Morgan fingerprint density at radius 3 is 2.23 bits per heavy atom. The second-order valence-corrected chi connectivity index (χ2v) is 7.09. The first-order valence-corrected chi connectivity index (χ1v) is 7.69. The van der Waals surface area contributed by atoms with Crippen molar-refractivity contribution in [3.63, 3.8) is 0 Å². The molecular weight excluding hydrogens is 302 g/mol. The number of carbonyl (C=O) groups is 1. The van der Waals surface area contributed by atoms with Gasteiger partial charge in [0.25, 0.3) is 0 Å². The zero-order chi connectivity index (χ0) is 16.7. The smallest absolute Gasteiger partial charge is 0.469 e. The van der Waals surface area contributed by atoms with E-state index in [0.29, 0.717) is 5.02 Å². The van der Waals surface area contributed by atoms with E-state index in [1.165, 1.54) is 7.11 Å². The first-order valence-electron chi connectivity index (χ1n) is 7.31. The summed E-state index contributed by atoms with van der Waals surface area (Å²) in [7, 11) is 0.866. The molecule has 6 heteroatoms. The summed E-state index contributed by atoms with van der Waals surface area (Å²) in [6.45, 7) is 9.77. The maximum atomic E-state index is 11.7. The van der Waals surface area contributed by atoms with E-state index in [4.69, 9.17) is 25.6 Å². The van der Waals surface area contributed by atoms with E-state index < -0.39 is 24.2 Å². The van der Waals surface area contributed by atoms with Crippen LogP contribution in [-0.2, 0) is 18.8 Å². The van der Waals surface area contributed by atoms with Crippen LogP contribution in [0, 0.1) is 0 Å². The summed E-state index contributed by atoms with van der Waals surface area (Å²) >= 11 is 6.20. The summed E-state index contributed by atoms with van der Waals surface area (Å²) in [6, 6.07) is 5.45. The molecule has 1 atom stereocenters. The van der Waals surface area contributed by atoms with Crippen LogP contribution in [0.2, 0.25) is 5.02 Å². The summed E-state index contributed by atoms with van der Waals surface area (Å²) in [6.07, 6.45) is 0. The molecule has 4 nitrogen and oxygen atoms in total. The van der Waals surface area contributed by atoms with Gasteiger partial charge in [0.15, 0.2) is 0 Å². The van der Waals surface area contributed by atoms with Gasteiger partial charge >= 0.3 is 13.1 Å². The van der Waals surface area contributed by atoms with Crippen LogP contribution in [0.5, 0.6) is 0 Å². The van der Waals surface area contributed by atoms with Crippen LogP contribution in [0.3, 0.4) is 0 Å². The Bertz CT molecular complexity index is 570. The summed E-state index contributed by atoms with van der Waals surface area (Å²) in [4.78, 5) is 11.7. The summed E-state index contributed by atoms with van der Waals surface area (Å²) < 4.78 is 16.9. The number of hydrogen-bond donors (Lipinski definition) is 0. The number of hydrogen-bond acceptors (Lipinski definition) is 4. The molecule has 0 aliphatic carbocycles. The fourth-order valence-electron chi connectivity index (χ4n) is 2.31. The van der Waals surface area contributed by atoms with Crippen molar-refractivity contribution in [3.05, 3.63) is 28.8 Å². The fourth-order valence-corrected chi connectivity index (χ4v) is 2.57. The Balaban J connectivity index is 2.34. The second-order valence-electron chi connectivity index (χ2n) is 6.65. The average molecular weight is 325 g/mol. The van der Waals surface area contributed by atoms with Crippen molar-refractivity contribution in [1.82, 2.24) is 0 Å². The highest BCUT2D eigenvalue weighted by molar-refractivity contribution is 6.62. The van der Waals surface area contributed by atoms with Gasteiger partial charge in [-0.25, -0.2) is 0 Å². The molecule has 1 aromatic rings. The number of ether oxygens (including phenoxy) is 1. The molecule has 1 heterocycles. The fraction of sp³-hybridized carbons (Fsp3) is 0.562. The Labute approximate surface area is 137 Å². The zero-order valence-electron chi connectivity index (χ0n) is 13.9. The van der Waals surface area contributed by atoms with E-state index >= 15 is 0 Å². The second kappa shape index (κ2) is 5.87. The van der Waals surface area contributed by atoms with Crippen LogP contribution in [-0.4, -0.2) is 31.4 Å². The standard InChI is InChI=1S/C16H22BClO4/c1-10(14(19)20-6)11-7-12(9-13(18)8-11)17-21-15(2,3)16(4,5)22-17/h7-10H,1-6H3. The summed E-state index contributed by atoms with van der Waals surface area (Å²) in [5.41, 5.74) is 0.739. The number of carbonyl (C=O) groups excluding carboxylic acids is 1. The average Bonchev–Trinajstić information content (AvgIpc) is 2.65. The van der Waals surface area contributed by atoms with E-state index in [1.807, 2.05) is 33.8 Å². The van der Waals surface area contributed by atoms with Crippen molar-refractivity contribution in [2.45, 2.75) is 51.7 Å². The third-order valence-corrected chi connectivity index (χ3v) is 4.74. The Morgan fingerprint density at radius 2 is 1.73 bits per heavy atom. The molecule has 0 aromatic heterocycles. The molecule has 1 aliphatic heterocycles. The summed E-state index contributed by atoms with van der Waals surface area (Å²) in [5.74, 6) is -0.702. The van der Waals surface area contributed by atoms with Gasteiger partial charge < -0.3 is 14.0 Å². The van der Waals surface area contributed by atoms with Crippen molar-refractivity contribution < 1.29 is 18.8 Å². The zero-order valence-corrected chi connectivity index (χ0v) is 14.7. The van der Waals surface area contributed by atoms with Crippen molar-refractivity contribution >= 4 is 30.2 Å². The molecule has 0 radical (unpaired) electrons. The highest BCUT2D eigenvalue weighted by Crippen LogP contribution is 2.36. The molecule has 22 heavy (non-hydrogen) atoms. The number of benzene rings is 1. The molecule has 2 rings (SSSR count). The predicted octanol–water partition coefficient (Wildman–Crippen LogP) is 2.92. The van der Waals surface area contributed by atoms with Gasteiger partial charge in [0, 0.05) is 5.02 Å². The first-order chi connectivity index (χ1) is 10.1. The quantitative estimate of drug-likeness (QED) is 0.633. The highest BCUT2D eigenvalue weighted by Gasteiger charge is 2.51. The molecule has 1 fully saturated rings. The van der Waals surface area contributed by atoms with Crippen molar-refractivity contribution in [2.75, 3.05) is 7.11 Å². The van der Waals surface area contributed by atoms with Crippen LogP contribution >= 0.6 is 11.6 Å². The van der Waals surface area contributed by atoms with Gasteiger partial charge in [-0.2, -0.15) is 0 Å². The van der Waals surface area contributed by atoms with E-state index in [2.05, 4.69) is 0 Å². The minimum absolute atomic E-state index is 0.304. The lowest BCUT2D eigenvalue weighted by Crippen LogP contribution is -2.41. The third-order valence-electron chi connectivity index (χ3n) is 4.52. The number of methoxy groups -OCH3 is 1. The van der Waals surface area contributed by atoms with Crippen molar-refractivity contribution in [1.29, 1.82) is 0 Å². The van der Waals surface area contributed by atoms with E-state index in [1.54, 1.807) is 19.1 Å². The molecule has 120 valence electrons. The molecule has 1 aliphatic rings. The Morgan fingerprint density at radius 1 is 1.18 bits per heavy atom. The van der Waals surface area contributed by atoms with Crippen molar-refractivity contribution in [2.24, 2.45) is 0 Å². The first kappa shape index (κ1) is 17.3. The lowest BCUT2D eigenvalue weighted by molar-refractivity contribution is -0.141. The topological polar surface area (TPSA) is 44.8 Å². The number of esters is 1. The number of rotatable bonds is 3. The minimum Gasteiger partial charge on any atom is -0.469 e. The van der Waals surface area contributed by atoms with Gasteiger partial charge in [0.05, 0.1) is 24.2 Å². The van der Waals surface area contributed by atoms with E-state index in [9.17, 15) is 4.79 Å². The molecule has 1 unspecified atom stereocenters. The van der Waals surface area contributed by atoms with Crippen LogP contribution in [0.25, 0.3) is 0 Å². The van der Waals surface area contributed by atoms with E-state index in [0.717, 1.165) is 11.0 Å². The Hall–Kier alpha value is -1.04. The predicted molar refractivity (Wildman–Crippen MR) is 87.6 cm³/mol. The Kier molecular flexibility index (Phi) is 4.62. The van der Waals surface area contributed by atoms with Crippen LogP contribution in [0.15, 0.2) is 18.2 Å². The van der Waals surface area contributed by atoms with Gasteiger partial charge in [-0.05, 0) is 57.8 Å². The minimum atomic E-state index is -0.507. The molecule has 1 aromatic carbocycles. The van der Waals surface area contributed by atoms with Crippen LogP contribution in [0.1, 0.15) is 46.1 Å². The highest BCUT2D eigenvalue weighted by atomic mass is 35.5. The SMILES string of the molecule is COC(=O)C(C)c1cc(Cl)cc(B2OC(C)(C)C(C)(C)O2)c1. The van der Waals surface area contributed by atoms with Gasteiger partial charge in [-0.3, -0.25) is 4.79 Å². The largest absolute Gasteiger partial charge is 0.494 e. The van der Waals surface area contributed by atoms with Crippen LogP contribution < -0.4 is 5.46 Å². The molecule has 0 saturated carbocycles.